The second kappa shape index (κ2) is 9.77. The Morgan fingerprint density at radius 3 is 2.69 bits per heavy atom. The fraction of sp³-hybridized carbons (Fsp3) is 0.143. The number of benzene rings is 3. The fourth-order valence-electron chi connectivity index (χ4n) is 3.97. The monoisotopic (exact) mass is 462 g/mol. The van der Waals surface area contributed by atoms with Crippen LogP contribution in [0.15, 0.2) is 72.8 Å². The quantitative estimate of drug-likeness (QED) is 0.169. The minimum atomic E-state index is -0.0682. The van der Waals surface area contributed by atoms with E-state index < -0.39 is 0 Å². The van der Waals surface area contributed by atoms with Gasteiger partial charge in [-0.2, -0.15) is 0 Å². The summed E-state index contributed by atoms with van der Waals surface area (Å²) in [6, 6.07) is 21.4. The lowest BCUT2D eigenvalue weighted by molar-refractivity contribution is -0.117. The molecule has 0 radical (unpaired) electrons. The minimum Gasteiger partial charge on any atom is -0.398 e. The number of nitrogens with two attached hydrogens (primary N) is 1. The van der Waals surface area contributed by atoms with Crippen molar-refractivity contribution < 1.29 is 4.79 Å². The van der Waals surface area contributed by atoms with E-state index in [1.807, 2.05) is 66.7 Å². The predicted octanol–water partition coefficient (Wildman–Crippen LogP) is 5.30. The molecule has 5 N–H and O–H groups in total. The van der Waals surface area contributed by atoms with Gasteiger partial charge in [0.1, 0.15) is 5.82 Å². The van der Waals surface area contributed by atoms with Crippen molar-refractivity contribution in [2.24, 2.45) is 0 Å². The van der Waals surface area contributed by atoms with E-state index >= 15 is 0 Å². The van der Waals surface area contributed by atoms with Crippen molar-refractivity contribution >= 4 is 46.3 Å². The molecule has 0 unspecified atom stereocenters. The van der Waals surface area contributed by atoms with Crippen molar-refractivity contribution in [2.75, 3.05) is 11.1 Å². The van der Waals surface area contributed by atoms with E-state index in [9.17, 15) is 4.79 Å². The first-order valence-electron chi connectivity index (χ1n) is 11.6. The maximum atomic E-state index is 12.2. The highest BCUT2D eigenvalue weighted by Crippen LogP contribution is 2.29. The molecular formula is C28H26N6O. The van der Waals surface area contributed by atoms with Crippen molar-refractivity contribution in [3.05, 3.63) is 83.9 Å². The van der Waals surface area contributed by atoms with Gasteiger partial charge < -0.3 is 21.8 Å². The van der Waals surface area contributed by atoms with Gasteiger partial charge in [-0.15, -0.1) is 0 Å². The van der Waals surface area contributed by atoms with E-state index in [-0.39, 0.29) is 5.91 Å². The van der Waals surface area contributed by atoms with Crippen LogP contribution in [0.5, 0.6) is 0 Å². The summed E-state index contributed by atoms with van der Waals surface area (Å²) in [5.41, 5.74) is 10.4. The molecule has 4 aromatic rings. The average Bonchev–Trinajstić information content (AvgIpc) is 2.86. The first kappa shape index (κ1) is 22.3. The molecular weight excluding hydrogens is 436 g/mol. The third kappa shape index (κ3) is 5.04. The predicted molar refractivity (Wildman–Crippen MR) is 142 cm³/mol. The molecule has 1 saturated carbocycles. The van der Waals surface area contributed by atoms with Gasteiger partial charge in [-0.3, -0.25) is 4.79 Å². The van der Waals surface area contributed by atoms with Gasteiger partial charge in [0, 0.05) is 46.2 Å². The van der Waals surface area contributed by atoms with Crippen LogP contribution in [0.4, 0.5) is 17.2 Å². The fourth-order valence-corrected chi connectivity index (χ4v) is 3.97. The molecule has 0 spiro atoms. The zero-order valence-corrected chi connectivity index (χ0v) is 19.2. The number of nitrogens with one attached hydrogen (secondary N) is 3. The smallest absolute Gasteiger partial charge is 0.244 e. The Labute approximate surface area is 203 Å². The van der Waals surface area contributed by atoms with Gasteiger partial charge in [-0.25, -0.2) is 9.97 Å². The zero-order chi connectivity index (χ0) is 24.2. The number of nitrogens with zero attached hydrogens (tertiary/aromatic N) is 2. The van der Waals surface area contributed by atoms with E-state index in [2.05, 4.69) is 10.6 Å². The molecule has 0 bridgehead atoms. The van der Waals surface area contributed by atoms with Gasteiger partial charge in [-0.1, -0.05) is 30.3 Å². The summed E-state index contributed by atoms with van der Waals surface area (Å²) in [5.74, 6) is 1.16. The van der Waals surface area contributed by atoms with Crippen LogP contribution in [0, 0.1) is 5.41 Å². The normalized spacial score (nSPS) is 13.5. The molecule has 1 amide bonds. The molecule has 1 aliphatic carbocycles. The number of hydrogen-bond donors (Lipinski definition) is 4. The minimum absolute atomic E-state index is 0.0682. The van der Waals surface area contributed by atoms with E-state index in [0.717, 1.165) is 40.6 Å². The van der Waals surface area contributed by atoms with Gasteiger partial charge >= 0.3 is 0 Å². The van der Waals surface area contributed by atoms with Crippen LogP contribution >= 0.6 is 0 Å². The number of anilines is 3. The van der Waals surface area contributed by atoms with Gasteiger partial charge in [0.05, 0.1) is 5.52 Å². The number of aromatic nitrogens is 2. The first-order chi connectivity index (χ1) is 17.1. The Bertz CT molecular complexity index is 1440. The molecule has 0 aliphatic heterocycles. The molecule has 0 atom stereocenters. The third-order valence-corrected chi connectivity index (χ3v) is 6.13. The van der Waals surface area contributed by atoms with Gasteiger partial charge in [0.2, 0.25) is 5.91 Å². The van der Waals surface area contributed by atoms with Crippen LogP contribution in [0.2, 0.25) is 0 Å². The second-order valence-electron chi connectivity index (χ2n) is 8.62. The number of rotatable bonds is 7. The summed E-state index contributed by atoms with van der Waals surface area (Å²) in [4.78, 5) is 21.8. The Kier molecular flexibility index (Phi) is 6.22. The number of amides is 1. The van der Waals surface area contributed by atoms with Crippen LogP contribution in [-0.4, -0.2) is 28.1 Å². The number of nitrogen functional groups attached to an aromatic ring is 1. The van der Waals surface area contributed by atoms with Gasteiger partial charge in [0.25, 0.3) is 0 Å². The van der Waals surface area contributed by atoms with E-state index in [0.29, 0.717) is 28.9 Å². The molecule has 174 valence electrons. The molecule has 1 aliphatic rings. The standard InChI is InChI=1S/C28H26N6O/c29-17-20-16-22(12-13-24(20)30)32-28-23-9-1-2-10-25(23)33-27(34-28)19-6-3-5-18(15-19)11-14-26(35)31-21-7-4-8-21/h1-3,5-6,9-17,21,29H,4,7-8,30H2,(H,31,35)(H,32,33,34)/b14-11+,29-17?. The summed E-state index contributed by atoms with van der Waals surface area (Å²) in [7, 11) is 0. The SMILES string of the molecule is N=Cc1cc(Nc2nc(-c3cccc(/C=C/C(=O)NC4CCC4)c3)nc3ccccc23)ccc1N. The third-order valence-electron chi connectivity index (χ3n) is 6.13. The Hall–Kier alpha value is -4.52. The molecule has 1 fully saturated rings. The Morgan fingerprint density at radius 2 is 1.89 bits per heavy atom. The number of fused-ring (bicyclic) bond motifs is 1. The van der Waals surface area contributed by atoms with Crippen molar-refractivity contribution in [1.82, 2.24) is 15.3 Å². The lowest BCUT2D eigenvalue weighted by Gasteiger charge is -2.25. The van der Waals surface area contributed by atoms with Crippen molar-refractivity contribution in [3.8, 4) is 11.4 Å². The molecule has 1 aromatic heterocycles. The van der Waals surface area contributed by atoms with Crippen LogP contribution in [0.25, 0.3) is 28.4 Å². The van der Waals surface area contributed by atoms with E-state index in [4.69, 9.17) is 21.1 Å². The first-order valence-corrected chi connectivity index (χ1v) is 11.6. The van der Waals surface area contributed by atoms with Crippen LogP contribution < -0.4 is 16.4 Å². The number of para-hydroxylation sites is 1. The van der Waals surface area contributed by atoms with Gasteiger partial charge in [-0.05, 0) is 67.3 Å². The maximum Gasteiger partial charge on any atom is 0.244 e. The molecule has 35 heavy (non-hydrogen) atoms. The lowest BCUT2D eigenvalue weighted by Crippen LogP contribution is -2.38. The summed E-state index contributed by atoms with van der Waals surface area (Å²) >= 11 is 0. The van der Waals surface area contributed by atoms with E-state index in [1.54, 1.807) is 12.1 Å². The number of hydrogen-bond acceptors (Lipinski definition) is 6. The maximum absolute atomic E-state index is 12.2. The van der Waals surface area contributed by atoms with Crippen LogP contribution in [-0.2, 0) is 4.79 Å². The molecule has 5 rings (SSSR count). The Balaban J connectivity index is 1.46. The molecule has 1 heterocycles. The van der Waals surface area contributed by atoms with E-state index in [1.165, 1.54) is 12.6 Å². The summed E-state index contributed by atoms with van der Waals surface area (Å²) in [6.45, 7) is 0. The highest BCUT2D eigenvalue weighted by atomic mass is 16.1. The number of carbonyl (C=O) groups excluding carboxylic acids is 1. The largest absolute Gasteiger partial charge is 0.398 e. The number of carbonyl (C=O) groups is 1. The van der Waals surface area contributed by atoms with Crippen molar-refractivity contribution in [1.29, 1.82) is 5.41 Å². The van der Waals surface area contributed by atoms with Crippen molar-refractivity contribution in [3.63, 3.8) is 0 Å². The molecule has 3 aromatic carbocycles. The second-order valence-corrected chi connectivity index (χ2v) is 8.62. The summed E-state index contributed by atoms with van der Waals surface area (Å²) in [5, 5.41) is 14.8. The average molecular weight is 463 g/mol. The summed E-state index contributed by atoms with van der Waals surface area (Å²) < 4.78 is 0. The highest BCUT2D eigenvalue weighted by Gasteiger charge is 2.18. The lowest BCUT2D eigenvalue weighted by atomic mass is 9.93. The van der Waals surface area contributed by atoms with Crippen molar-refractivity contribution in [2.45, 2.75) is 25.3 Å². The molecule has 7 heteroatoms. The van der Waals surface area contributed by atoms with Gasteiger partial charge in [0.15, 0.2) is 5.82 Å². The van der Waals surface area contributed by atoms with Crippen LogP contribution in [0.3, 0.4) is 0 Å². The Morgan fingerprint density at radius 1 is 1.03 bits per heavy atom. The zero-order valence-electron chi connectivity index (χ0n) is 19.2. The van der Waals surface area contributed by atoms with Crippen LogP contribution in [0.1, 0.15) is 30.4 Å². The summed E-state index contributed by atoms with van der Waals surface area (Å²) in [6.07, 6.45) is 7.92. The highest BCUT2D eigenvalue weighted by molar-refractivity contribution is 5.94. The topological polar surface area (TPSA) is 117 Å². The molecule has 7 nitrogen and oxygen atoms in total. The molecule has 0 saturated heterocycles.